The van der Waals surface area contributed by atoms with Gasteiger partial charge in [0.1, 0.15) is 0 Å². The van der Waals surface area contributed by atoms with E-state index < -0.39 is 0 Å². The van der Waals surface area contributed by atoms with E-state index in [-0.39, 0.29) is 6.10 Å². The number of piperidine rings is 1. The van der Waals surface area contributed by atoms with E-state index in [2.05, 4.69) is 11.0 Å². The molecule has 1 aromatic carbocycles. The van der Waals surface area contributed by atoms with E-state index in [1.165, 1.54) is 5.56 Å². The lowest BCUT2D eigenvalue weighted by molar-refractivity contribution is 0.0668. The van der Waals surface area contributed by atoms with E-state index in [0.717, 1.165) is 32.5 Å². The average molecular weight is 216 g/mol. The first-order chi connectivity index (χ1) is 7.78. The van der Waals surface area contributed by atoms with Crippen molar-refractivity contribution in [3.05, 3.63) is 35.4 Å². The maximum atomic E-state index is 9.56. The summed E-state index contributed by atoms with van der Waals surface area (Å²) in [5.74, 6) is 0. The first-order valence-corrected chi connectivity index (χ1v) is 5.67. The van der Waals surface area contributed by atoms with Crippen molar-refractivity contribution in [1.29, 1.82) is 5.26 Å². The van der Waals surface area contributed by atoms with Crippen LogP contribution in [-0.2, 0) is 6.54 Å². The number of hydrogen-bond acceptors (Lipinski definition) is 3. The van der Waals surface area contributed by atoms with Crippen molar-refractivity contribution in [3.8, 4) is 6.07 Å². The van der Waals surface area contributed by atoms with Crippen molar-refractivity contribution < 1.29 is 5.11 Å². The number of benzene rings is 1. The van der Waals surface area contributed by atoms with Gasteiger partial charge in [0.05, 0.1) is 17.7 Å². The van der Waals surface area contributed by atoms with Gasteiger partial charge in [0.25, 0.3) is 0 Å². The van der Waals surface area contributed by atoms with Gasteiger partial charge in [0.2, 0.25) is 0 Å². The molecule has 1 aromatic rings. The minimum Gasteiger partial charge on any atom is -0.392 e. The lowest BCUT2D eigenvalue weighted by Gasteiger charge is -2.29. The zero-order chi connectivity index (χ0) is 11.4. The number of nitrogens with zero attached hydrogens (tertiary/aromatic N) is 2. The van der Waals surface area contributed by atoms with Gasteiger partial charge >= 0.3 is 0 Å². The van der Waals surface area contributed by atoms with Crippen LogP contribution in [0.2, 0.25) is 0 Å². The average Bonchev–Trinajstić information content (AvgIpc) is 2.30. The fraction of sp³-hybridized carbons (Fsp3) is 0.462. The van der Waals surface area contributed by atoms with Crippen molar-refractivity contribution in [3.63, 3.8) is 0 Å². The molecule has 2 rings (SSSR count). The summed E-state index contributed by atoms with van der Waals surface area (Å²) in [7, 11) is 0. The molecular weight excluding hydrogens is 200 g/mol. The maximum Gasteiger partial charge on any atom is 0.0991 e. The van der Waals surface area contributed by atoms with Gasteiger partial charge in [-0.25, -0.2) is 0 Å². The third-order valence-corrected chi connectivity index (χ3v) is 2.97. The molecule has 84 valence electrons. The number of likely N-dealkylation sites (tertiary alicyclic amines) is 1. The summed E-state index contributed by atoms with van der Waals surface area (Å²) in [5.41, 5.74) is 1.90. The van der Waals surface area contributed by atoms with Gasteiger partial charge in [-0.1, -0.05) is 12.1 Å². The van der Waals surface area contributed by atoms with Gasteiger partial charge < -0.3 is 5.11 Å². The SMILES string of the molecule is N#Cc1ccc(CN2CCC[C@@H](O)C2)cc1. The molecule has 0 aromatic heterocycles. The van der Waals surface area contributed by atoms with E-state index in [0.29, 0.717) is 5.56 Å². The van der Waals surface area contributed by atoms with Crippen LogP contribution in [0.15, 0.2) is 24.3 Å². The molecule has 16 heavy (non-hydrogen) atoms. The second kappa shape index (κ2) is 5.11. The van der Waals surface area contributed by atoms with Crippen LogP contribution in [0, 0.1) is 11.3 Å². The molecule has 1 aliphatic rings. The number of β-amino-alcohol motifs (C(OH)–C–C–N with tert-alkyl or cyclic N) is 1. The highest BCUT2D eigenvalue weighted by atomic mass is 16.3. The Hall–Kier alpha value is -1.37. The Morgan fingerprint density at radius 1 is 1.38 bits per heavy atom. The molecule has 0 radical (unpaired) electrons. The van der Waals surface area contributed by atoms with E-state index in [4.69, 9.17) is 5.26 Å². The standard InChI is InChI=1S/C13H16N2O/c14-8-11-3-5-12(6-4-11)9-15-7-1-2-13(16)10-15/h3-6,13,16H,1-2,7,9-10H2/t13-/m1/s1. The van der Waals surface area contributed by atoms with Crippen LogP contribution < -0.4 is 0 Å². The summed E-state index contributed by atoms with van der Waals surface area (Å²) in [4.78, 5) is 2.26. The van der Waals surface area contributed by atoms with Crippen molar-refractivity contribution in [2.24, 2.45) is 0 Å². The van der Waals surface area contributed by atoms with Gasteiger partial charge in [-0.3, -0.25) is 4.90 Å². The van der Waals surface area contributed by atoms with E-state index in [9.17, 15) is 5.11 Å². The summed E-state index contributed by atoms with van der Waals surface area (Å²) >= 11 is 0. The molecular formula is C13H16N2O. The van der Waals surface area contributed by atoms with Gasteiger partial charge in [-0.15, -0.1) is 0 Å². The zero-order valence-corrected chi connectivity index (χ0v) is 9.26. The smallest absolute Gasteiger partial charge is 0.0991 e. The summed E-state index contributed by atoms with van der Waals surface area (Å²) in [5, 5.41) is 18.2. The van der Waals surface area contributed by atoms with Crippen LogP contribution in [0.25, 0.3) is 0 Å². The van der Waals surface area contributed by atoms with Crippen molar-refractivity contribution in [2.75, 3.05) is 13.1 Å². The summed E-state index contributed by atoms with van der Waals surface area (Å²) < 4.78 is 0. The van der Waals surface area contributed by atoms with Crippen LogP contribution in [-0.4, -0.2) is 29.2 Å². The first-order valence-electron chi connectivity index (χ1n) is 5.67. The molecule has 1 N–H and O–H groups in total. The Labute approximate surface area is 95.9 Å². The topological polar surface area (TPSA) is 47.3 Å². The maximum absolute atomic E-state index is 9.56. The van der Waals surface area contributed by atoms with Crippen molar-refractivity contribution in [1.82, 2.24) is 4.90 Å². The number of nitriles is 1. The van der Waals surface area contributed by atoms with E-state index in [1.807, 2.05) is 24.3 Å². The first kappa shape index (κ1) is 11.1. The van der Waals surface area contributed by atoms with Crippen LogP contribution in [0.5, 0.6) is 0 Å². The van der Waals surface area contributed by atoms with Crippen molar-refractivity contribution >= 4 is 0 Å². The third kappa shape index (κ3) is 2.82. The number of hydrogen-bond donors (Lipinski definition) is 1. The Bertz CT molecular complexity index is 380. The van der Waals surface area contributed by atoms with Gasteiger partial charge in [0, 0.05) is 13.1 Å². The van der Waals surface area contributed by atoms with E-state index in [1.54, 1.807) is 0 Å². The molecule has 0 amide bonds. The molecule has 0 spiro atoms. The monoisotopic (exact) mass is 216 g/mol. The molecule has 1 heterocycles. The number of rotatable bonds is 2. The molecule has 0 bridgehead atoms. The lowest BCUT2D eigenvalue weighted by atomic mass is 10.1. The minimum absolute atomic E-state index is 0.174. The lowest BCUT2D eigenvalue weighted by Crippen LogP contribution is -2.37. The Morgan fingerprint density at radius 3 is 2.75 bits per heavy atom. The highest BCUT2D eigenvalue weighted by Crippen LogP contribution is 2.13. The second-order valence-electron chi connectivity index (χ2n) is 4.34. The molecule has 1 saturated heterocycles. The highest BCUT2D eigenvalue weighted by molar-refractivity contribution is 5.31. The molecule has 0 saturated carbocycles. The normalized spacial score (nSPS) is 21.6. The quantitative estimate of drug-likeness (QED) is 0.815. The largest absolute Gasteiger partial charge is 0.392 e. The Morgan fingerprint density at radius 2 is 2.12 bits per heavy atom. The predicted molar refractivity (Wildman–Crippen MR) is 61.7 cm³/mol. The molecule has 1 atom stereocenters. The molecule has 1 aliphatic heterocycles. The van der Waals surface area contributed by atoms with Crippen LogP contribution in [0.1, 0.15) is 24.0 Å². The second-order valence-corrected chi connectivity index (χ2v) is 4.34. The third-order valence-electron chi connectivity index (χ3n) is 2.97. The Balaban J connectivity index is 1.95. The summed E-state index contributed by atoms with van der Waals surface area (Å²) in [6.45, 7) is 2.68. The molecule has 1 fully saturated rings. The number of aliphatic hydroxyl groups is 1. The molecule has 3 heteroatoms. The van der Waals surface area contributed by atoms with Gasteiger partial charge in [-0.05, 0) is 37.1 Å². The van der Waals surface area contributed by atoms with Crippen molar-refractivity contribution in [2.45, 2.75) is 25.5 Å². The van der Waals surface area contributed by atoms with E-state index >= 15 is 0 Å². The van der Waals surface area contributed by atoms with Gasteiger partial charge in [0.15, 0.2) is 0 Å². The molecule has 0 aliphatic carbocycles. The fourth-order valence-electron chi connectivity index (χ4n) is 2.12. The predicted octanol–water partition coefficient (Wildman–Crippen LogP) is 1.51. The molecule has 3 nitrogen and oxygen atoms in total. The van der Waals surface area contributed by atoms with Crippen LogP contribution >= 0.6 is 0 Å². The van der Waals surface area contributed by atoms with Crippen LogP contribution in [0.3, 0.4) is 0 Å². The Kier molecular flexibility index (Phi) is 3.55. The number of aliphatic hydroxyl groups excluding tert-OH is 1. The zero-order valence-electron chi connectivity index (χ0n) is 9.26. The minimum atomic E-state index is -0.174. The van der Waals surface area contributed by atoms with Crippen LogP contribution in [0.4, 0.5) is 0 Å². The fourth-order valence-corrected chi connectivity index (χ4v) is 2.12. The summed E-state index contributed by atoms with van der Waals surface area (Å²) in [6, 6.07) is 9.77. The molecule has 0 unspecified atom stereocenters. The summed E-state index contributed by atoms with van der Waals surface area (Å²) in [6.07, 6.45) is 1.81. The highest BCUT2D eigenvalue weighted by Gasteiger charge is 2.17. The van der Waals surface area contributed by atoms with Gasteiger partial charge in [-0.2, -0.15) is 5.26 Å².